The molecule has 2 atom stereocenters. The van der Waals surface area contributed by atoms with E-state index in [0.717, 1.165) is 0 Å². The molecule has 0 rings (SSSR count). The van der Waals surface area contributed by atoms with Crippen LogP contribution in [0.25, 0.3) is 0 Å². The van der Waals surface area contributed by atoms with Gasteiger partial charge in [0.25, 0.3) is 0 Å². The molecule has 10 heteroatoms. The second kappa shape index (κ2) is 10.6. The van der Waals surface area contributed by atoms with E-state index < -0.39 is 28.9 Å². The summed E-state index contributed by atoms with van der Waals surface area (Å²) in [6.45, 7) is 3.57. The van der Waals surface area contributed by atoms with Crippen molar-refractivity contribution in [2.45, 2.75) is 55.2 Å². The van der Waals surface area contributed by atoms with Crippen molar-refractivity contribution >= 4 is 65.8 Å². The maximum absolute atomic E-state index is 11.1. The molecule has 0 amide bonds. The first-order valence-corrected chi connectivity index (χ1v) is 11.1. The zero-order valence-electron chi connectivity index (χ0n) is 13.2. The number of hydrogen-bond donors (Lipinski definition) is 2. The van der Waals surface area contributed by atoms with Crippen molar-refractivity contribution in [3.05, 3.63) is 0 Å². The molecule has 0 aromatic rings. The van der Waals surface area contributed by atoms with Crippen LogP contribution >= 0.6 is 65.8 Å². The molecular formula is C13H24Cl5O4P. The van der Waals surface area contributed by atoms with Gasteiger partial charge in [-0.25, -0.2) is 4.57 Å². The van der Waals surface area contributed by atoms with Crippen molar-refractivity contribution in [2.24, 2.45) is 5.41 Å². The lowest BCUT2D eigenvalue weighted by molar-refractivity contribution is 0.0532. The van der Waals surface area contributed by atoms with Crippen molar-refractivity contribution in [1.82, 2.24) is 0 Å². The minimum absolute atomic E-state index is 0.201. The van der Waals surface area contributed by atoms with Crippen molar-refractivity contribution < 1.29 is 18.9 Å². The Labute approximate surface area is 163 Å². The number of phosphoric acid groups is 1. The van der Waals surface area contributed by atoms with Crippen LogP contribution < -0.4 is 0 Å². The molecular weight excluding hydrogens is 428 g/mol. The summed E-state index contributed by atoms with van der Waals surface area (Å²) in [5.41, 5.74) is -0.728. The molecule has 0 saturated heterocycles. The first-order chi connectivity index (χ1) is 10.5. The van der Waals surface area contributed by atoms with Crippen LogP contribution in [0.15, 0.2) is 0 Å². The van der Waals surface area contributed by atoms with Gasteiger partial charge in [-0.2, -0.15) is 0 Å². The first-order valence-electron chi connectivity index (χ1n) is 7.28. The predicted molar refractivity (Wildman–Crippen MR) is 99.6 cm³/mol. The van der Waals surface area contributed by atoms with Crippen LogP contribution in [-0.2, 0) is 9.09 Å². The molecule has 0 aromatic heterocycles. The molecule has 0 fully saturated rings. The van der Waals surface area contributed by atoms with E-state index in [4.69, 9.17) is 72.3 Å². The molecule has 0 bridgehead atoms. The third-order valence-corrected chi connectivity index (χ3v) is 7.09. The van der Waals surface area contributed by atoms with Crippen LogP contribution in [0.1, 0.15) is 39.5 Å². The van der Waals surface area contributed by atoms with E-state index >= 15 is 0 Å². The molecule has 2 N–H and O–H groups in total. The normalized spacial score (nSPS) is 18.5. The fraction of sp³-hybridized carbons (Fsp3) is 1.00. The van der Waals surface area contributed by atoms with E-state index in [1.54, 1.807) is 0 Å². The number of alkyl halides is 5. The summed E-state index contributed by atoms with van der Waals surface area (Å²) in [6.07, 6.45) is 1.72. The molecule has 23 heavy (non-hydrogen) atoms. The van der Waals surface area contributed by atoms with E-state index in [1.807, 2.05) is 13.8 Å². The second-order valence-electron chi connectivity index (χ2n) is 5.63. The van der Waals surface area contributed by atoms with Crippen LogP contribution in [0.3, 0.4) is 0 Å². The van der Waals surface area contributed by atoms with Gasteiger partial charge in [0.05, 0.1) is 11.5 Å². The minimum Gasteiger partial charge on any atom is -0.303 e. The number of hydrogen-bond acceptors (Lipinski definition) is 2. The van der Waals surface area contributed by atoms with Crippen LogP contribution in [0.2, 0.25) is 0 Å². The molecule has 2 unspecified atom stereocenters. The second-order valence-corrected chi connectivity index (χ2v) is 9.44. The van der Waals surface area contributed by atoms with Crippen molar-refractivity contribution in [2.75, 3.05) is 18.4 Å². The summed E-state index contributed by atoms with van der Waals surface area (Å²) in [6, 6.07) is 0. The van der Waals surface area contributed by atoms with Gasteiger partial charge in [-0.05, 0) is 25.7 Å². The average Bonchev–Trinajstić information content (AvgIpc) is 2.47. The quantitative estimate of drug-likeness (QED) is 0.309. The lowest BCUT2D eigenvalue weighted by atomic mass is 9.67. The van der Waals surface area contributed by atoms with Gasteiger partial charge >= 0.3 is 7.82 Å². The Balaban J connectivity index is 5.65. The number of phosphoric ester groups is 1. The number of rotatable bonds is 12. The standard InChI is InChI=1S/C13H24Cl5O4P/c1-3-12(4-2,9-22-23(19,20)21)13(18,5-10(16)7-14)6-11(17)8-15/h10-11H,3-9H2,1-2H3,(H2,19,20,21). The summed E-state index contributed by atoms with van der Waals surface area (Å²) in [7, 11) is -4.62. The maximum Gasteiger partial charge on any atom is 0.469 e. The molecule has 0 aliphatic rings. The molecule has 0 radical (unpaired) electrons. The highest BCUT2D eigenvalue weighted by Crippen LogP contribution is 2.52. The number of halogens is 5. The topological polar surface area (TPSA) is 66.8 Å². The Morgan fingerprint density at radius 3 is 1.70 bits per heavy atom. The van der Waals surface area contributed by atoms with Gasteiger partial charge < -0.3 is 9.79 Å². The highest BCUT2D eigenvalue weighted by molar-refractivity contribution is 7.46. The largest absolute Gasteiger partial charge is 0.469 e. The highest BCUT2D eigenvalue weighted by Gasteiger charge is 2.50. The third-order valence-electron chi connectivity index (χ3n) is 4.24. The lowest BCUT2D eigenvalue weighted by Gasteiger charge is -2.47. The maximum atomic E-state index is 11.1. The van der Waals surface area contributed by atoms with Crippen LogP contribution in [0.4, 0.5) is 0 Å². The fourth-order valence-corrected chi connectivity index (χ4v) is 4.76. The smallest absolute Gasteiger partial charge is 0.303 e. The Morgan fingerprint density at radius 1 is 1.04 bits per heavy atom. The van der Waals surface area contributed by atoms with E-state index in [0.29, 0.717) is 25.7 Å². The van der Waals surface area contributed by atoms with Crippen LogP contribution in [0.5, 0.6) is 0 Å². The molecule has 0 aliphatic carbocycles. The summed E-state index contributed by atoms with van der Waals surface area (Å²) in [4.78, 5) is 17.1. The van der Waals surface area contributed by atoms with Gasteiger partial charge in [0.2, 0.25) is 0 Å². The highest BCUT2D eigenvalue weighted by atomic mass is 35.5. The summed E-state index contributed by atoms with van der Waals surface area (Å²) in [5, 5.41) is -0.804. The van der Waals surface area contributed by atoms with Gasteiger partial charge in [0, 0.05) is 27.9 Å². The Bertz CT molecular complexity index is 377. The van der Waals surface area contributed by atoms with Gasteiger partial charge in [-0.1, -0.05) is 13.8 Å². The third kappa shape index (κ3) is 7.76. The average molecular weight is 453 g/mol. The van der Waals surface area contributed by atoms with Crippen molar-refractivity contribution in [3.8, 4) is 0 Å². The lowest BCUT2D eigenvalue weighted by Crippen LogP contribution is -2.49. The van der Waals surface area contributed by atoms with Crippen LogP contribution in [0, 0.1) is 5.41 Å². The molecule has 0 aliphatic heterocycles. The molecule has 4 nitrogen and oxygen atoms in total. The van der Waals surface area contributed by atoms with Gasteiger partial charge in [-0.15, -0.1) is 58.0 Å². The minimum atomic E-state index is -4.62. The van der Waals surface area contributed by atoms with E-state index in [2.05, 4.69) is 0 Å². The Hall–Kier alpha value is 1.56. The predicted octanol–water partition coefficient (Wildman–Crippen LogP) is 5.35. The zero-order chi connectivity index (χ0) is 18.3. The molecule has 140 valence electrons. The van der Waals surface area contributed by atoms with Crippen molar-refractivity contribution in [1.29, 1.82) is 0 Å². The molecule has 0 spiro atoms. The molecule has 0 heterocycles. The molecule has 0 saturated carbocycles. The van der Waals surface area contributed by atoms with Gasteiger partial charge in [0.1, 0.15) is 0 Å². The summed E-state index contributed by atoms with van der Waals surface area (Å²) in [5.74, 6) is 0.402. The van der Waals surface area contributed by atoms with Gasteiger partial charge in [0.15, 0.2) is 0 Å². The molecule has 0 aromatic carbocycles. The Morgan fingerprint density at radius 2 is 1.43 bits per heavy atom. The van der Waals surface area contributed by atoms with E-state index in [9.17, 15) is 4.57 Å². The van der Waals surface area contributed by atoms with E-state index in [-0.39, 0.29) is 18.4 Å². The van der Waals surface area contributed by atoms with Crippen molar-refractivity contribution in [3.63, 3.8) is 0 Å². The Kier molecular flexibility index (Phi) is 11.4. The zero-order valence-corrected chi connectivity index (χ0v) is 17.8. The first kappa shape index (κ1) is 24.6. The van der Waals surface area contributed by atoms with E-state index in [1.165, 1.54) is 0 Å². The fourth-order valence-electron chi connectivity index (χ4n) is 2.75. The summed E-state index contributed by atoms with van der Waals surface area (Å²) >= 11 is 30.9. The van der Waals surface area contributed by atoms with Gasteiger partial charge in [-0.3, -0.25) is 4.52 Å². The van der Waals surface area contributed by atoms with Crippen LogP contribution in [-0.4, -0.2) is 43.8 Å². The SMILES string of the molecule is CCC(CC)(COP(=O)(O)O)C(Cl)(CC(Cl)CCl)CC(Cl)CCl. The summed E-state index contributed by atoms with van der Waals surface area (Å²) < 4.78 is 15.9. The monoisotopic (exact) mass is 450 g/mol.